The van der Waals surface area contributed by atoms with Gasteiger partial charge in [-0.2, -0.15) is 0 Å². The van der Waals surface area contributed by atoms with E-state index in [1.165, 1.54) is 0 Å². The molecule has 1 aliphatic heterocycles. The first-order valence-electron chi connectivity index (χ1n) is 4.28. The van der Waals surface area contributed by atoms with E-state index in [-0.39, 0.29) is 6.03 Å². The molecule has 1 unspecified atom stereocenters. The van der Waals surface area contributed by atoms with Crippen LogP contribution in [0.15, 0.2) is 0 Å². The van der Waals surface area contributed by atoms with E-state index in [1.807, 2.05) is 7.05 Å². The van der Waals surface area contributed by atoms with Crippen molar-refractivity contribution in [2.75, 3.05) is 34.2 Å². The Hall–Kier alpha value is -0.770. The Morgan fingerprint density at radius 1 is 1.67 bits per heavy atom. The predicted molar refractivity (Wildman–Crippen MR) is 48.1 cm³/mol. The van der Waals surface area contributed by atoms with Crippen molar-refractivity contribution >= 4 is 6.03 Å². The number of carbonyl (C=O) groups excluding carboxylic acids is 1. The van der Waals surface area contributed by atoms with Crippen LogP contribution in [-0.4, -0.2) is 56.1 Å². The van der Waals surface area contributed by atoms with Gasteiger partial charge < -0.3 is 15.1 Å². The molecule has 4 nitrogen and oxygen atoms in total. The molecule has 0 saturated carbocycles. The van der Waals surface area contributed by atoms with Gasteiger partial charge in [0.05, 0.1) is 0 Å². The Kier molecular flexibility index (Phi) is 2.92. The van der Waals surface area contributed by atoms with Crippen LogP contribution < -0.4 is 5.32 Å². The molecule has 1 aliphatic rings. The largest absolute Gasteiger partial charge is 0.341 e. The van der Waals surface area contributed by atoms with E-state index in [2.05, 4.69) is 17.3 Å². The minimum absolute atomic E-state index is 0.00954. The van der Waals surface area contributed by atoms with Crippen molar-refractivity contribution in [2.24, 2.45) is 0 Å². The lowest BCUT2D eigenvalue weighted by Crippen LogP contribution is -2.43. The number of urea groups is 1. The molecule has 0 aliphatic carbocycles. The topological polar surface area (TPSA) is 35.6 Å². The summed E-state index contributed by atoms with van der Waals surface area (Å²) in [5.41, 5.74) is 0. The Labute approximate surface area is 73.5 Å². The van der Waals surface area contributed by atoms with Crippen LogP contribution >= 0.6 is 0 Å². The van der Waals surface area contributed by atoms with Crippen molar-refractivity contribution < 1.29 is 4.79 Å². The second-order valence-corrected chi connectivity index (χ2v) is 3.37. The first-order valence-corrected chi connectivity index (χ1v) is 4.28. The maximum Gasteiger partial charge on any atom is 0.317 e. The first kappa shape index (κ1) is 9.32. The average Bonchev–Trinajstić information content (AvgIpc) is 2.49. The van der Waals surface area contributed by atoms with E-state index >= 15 is 0 Å². The Balaban J connectivity index is 2.42. The highest BCUT2D eigenvalue weighted by Crippen LogP contribution is 2.11. The van der Waals surface area contributed by atoms with Crippen LogP contribution in [0.2, 0.25) is 0 Å². The smallest absolute Gasteiger partial charge is 0.317 e. The SMILES string of the molecule is CNC(=O)N(C)C1CCN(C)C1. The summed E-state index contributed by atoms with van der Waals surface area (Å²) in [5.74, 6) is 0. The van der Waals surface area contributed by atoms with Crippen molar-refractivity contribution in [1.29, 1.82) is 0 Å². The maximum absolute atomic E-state index is 11.2. The first-order chi connectivity index (χ1) is 5.65. The molecule has 12 heavy (non-hydrogen) atoms. The molecule has 1 rings (SSSR count). The van der Waals surface area contributed by atoms with Gasteiger partial charge in [0, 0.05) is 26.7 Å². The van der Waals surface area contributed by atoms with Gasteiger partial charge in [0.25, 0.3) is 0 Å². The second-order valence-electron chi connectivity index (χ2n) is 3.37. The van der Waals surface area contributed by atoms with Gasteiger partial charge in [-0.25, -0.2) is 4.79 Å². The molecule has 1 N–H and O–H groups in total. The number of carbonyl (C=O) groups is 1. The molecule has 0 radical (unpaired) electrons. The van der Waals surface area contributed by atoms with Gasteiger partial charge in [0.2, 0.25) is 0 Å². The second kappa shape index (κ2) is 3.76. The van der Waals surface area contributed by atoms with Crippen LogP contribution in [0.1, 0.15) is 6.42 Å². The van der Waals surface area contributed by atoms with Crippen molar-refractivity contribution in [2.45, 2.75) is 12.5 Å². The lowest BCUT2D eigenvalue weighted by Gasteiger charge is -2.23. The lowest BCUT2D eigenvalue weighted by atomic mass is 10.2. The highest BCUT2D eigenvalue weighted by Gasteiger charge is 2.25. The van der Waals surface area contributed by atoms with Crippen LogP contribution in [0.3, 0.4) is 0 Å². The molecular weight excluding hydrogens is 154 g/mol. The number of amides is 2. The highest BCUT2D eigenvalue weighted by molar-refractivity contribution is 5.73. The molecule has 0 aromatic carbocycles. The van der Waals surface area contributed by atoms with E-state index in [0.717, 1.165) is 19.5 Å². The van der Waals surface area contributed by atoms with Gasteiger partial charge in [0.1, 0.15) is 0 Å². The molecule has 0 bridgehead atoms. The summed E-state index contributed by atoms with van der Waals surface area (Å²) >= 11 is 0. The molecule has 2 amide bonds. The molecule has 1 atom stereocenters. The standard InChI is InChI=1S/C8H17N3O/c1-9-8(12)11(3)7-4-5-10(2)6-7/h7H,4-6H2,1-3H3,(H,9,12). The number of likely N-dealkylation sites (N-methyl/N-ethyl adjacent to an activating group) is 2. The molecule has 1 fully saturated rings. The fraction of sp³-hybridized carbons (Fsp3) is 0.875. The zero-order valence-corrected chi connectivity index (χ0v) is 8.00. The molecular formula is C8H17N3O. The number of nitrogens with one attached hydrogen (secondary N) is 1. The van der Waals surface area contributed by atoms with Crippen LogP contribution in [0.25, 0.3) is 0 Å². The van der Waals surface area contributed by atoms with Crippen molar-refractivity contribution in [3.8, 4) is 0 Å². The number of rotatable bonds is 1. The van der Waals surface area contributed by atoms with Gasteiger partial charge in [0.15, 0.2) is 0 Å². The number of hydrogen-bond acceptors (Lipinski definition) is 2. The normalized spacial score (nSPS) is 24.1. The van der Waals surface area contributed by atoms with E-state index < -0.39 is 0 Å². The van der Waals surface area contributed by atoms with Crippen LogP contribution in [0.5, 0.6) is 0 Å². The quantitative estimate of drug-likeness (QED) is 0.601. The Bertz CT molecular complexity index is 172. The summed E-state index contributed by atoms with van der Waals surface area (Å²) in [6.45, 7) is 2.08. The van der Waals surface area contributed by atoms with E-state index in [1.54, 1.807) is 11.9 Å². The molecule has 1 heterocycles. The van der Waals surface area contributed by atoms with Crippen LogP contribution in [0.4, 0.5) is 4.79 Å². The molecule has 0 aromatic rings. The third kappa shape index (κ3) is 1.88. The van der Waals surface area contributed by atoms with Gasteiger partial charge in [-0.3, -0.25) is 0 Å². The molecule has 1 saturated heterocycles. The zero-order valence-electron chi connectivity index (χ0n) is 8.00. The Morgan fingerprint density at radius 2 is 2.33 bits per heavy atom. The van der Waals surface area contributed by atoms with Gasteiger partial charge >= 0.3 is 6.03 Å². The summed E-state index contributed by atoms with van der Waals surface area (Å²) in [6.07, 6.45) is 1.08. The van der Waals surface area contributed by atoms with E-state index in [4.69, 9.17) is 0 Å². The Morgan fingerprint density at radius 3 is 2.75 bits per heavy atom. The van der Waals surface area contributed by atoms with Crippen LogP contribution in [-0.2, 0) is 0 Å². The number of nitrogens with zero attached hydrogens (tertiary/aromatic N) is 2. The fourth-order valence-electron chi connectivity index (χ4n) is 1.57. The maximum atomic E-state index is 11.2. The summed E-state index contributed by atoms with van der Waals surface area (Å²) in [5, 5.41) is 2.62. The summed E-state index contributed by atoms with van der Waals surface area (Å²) in [6, 6.07) is 0.394. The van der Waals surface area contributed by atoms with Crippen molar-refractivity contribution in [1.82, 2.24) is 15.1 Å². The number of likely N-dealkylation sites (tertiary alicyclic amines) is 1. The van der Waals surface area contributed by atoms with Gasteiger partial charge in [-0.05, 0) is 20.0 Å². The molecule has 0 spiro atoms. The minimum Gasteiger partial charge on any atom is -0.341 e. The summed E-state index contributed by atoms with van der Waals surface area (Å²) in [4.78, 5) is 15.2. The third-order valence-electron chi connectivity index (χ3n) is 2.45. The monoisotopic (exact) mass is 171 g/mol. The van der Waals surface area contributed by atoms with E-state index in [0.29, 0.717) is 6.04 Å². The molecule has 70 valence electrons. The molecule has 4 heteroatoms. The van der Waals surface area contributed by atoms with Crippen molar-refractivity contribution in [3.63, 3.8) is 0 Å². The van der Waals surface area contributed by atoms with Gasteiger partial charge in [-0.15, -0.1) is 0 Å². The summed E-state index contributed by atoms with van der Waals surface area (Å²) in [7, 11) is 5.60. The van der Waals surface area contributed by atoms with E-state index in [9.17, 15) is 4.79 Å². The summed E-state index contributed by atoms with van der Waals surface area (Å²) < 4.78 is 0. The van der Waals surface area contributed by atoms with Gasteiger partial charge in [-0.1, -0.05) is 0 Å². The third-order valence-corrected chi connectivity index (χ3v) is 2.45. The van der Waals surface area contributed by atoms with Crippen LogP contribution in [0, 0.1) is 0 Å². The fourth-order valence-corrected chi connectivity index (χ4v) is 1.57. The predicted octanol–water partition coefficient (Wildman–Crippen LogP) is -0.0383. The lowest BCUT2D eigenvalue weighted by molar-refractivity contribution is 0.193. The molecule has 0 aromatic heterocycles. The average molecular weight is 171 g/mol. The minimum atomic E-state index is 0.00954. The zero-order chi connectivity index (χ0) is 9.14. The van der Waals surface area contributed by atoms with Crippen molar-refractivity contribution in [3.05, 3.63) is 0 Å². The highest BCUT2D eigenvalue weighted by atomic mass is 16.2. The number of hydrogen-bond donors (Lipinski definition) is 1.